The molecule has 0 fully saturated rings. The fourth-order valence-electron chi connectivity index (χ4n) is 1.18. The number of nitrogens with two attached hydrogens (primary N) is 1. The summed E-state index contributed by atoms with van der Waals surface area (Å²) in [6.45, 7) is -3.00. The highest BCUT2D eigenvalue weighted by Crippen LogP contribution is 2.25. The lowest BCUT2D eigenvalue weighted by atomic mass is 10.1. The third-order valence-electron chi connectivity index (χ3n) is 1.84. The molecule has 0 bridgehead atoms. The normalized spacial score (nSPS) is 10.5. The maximum Gasteiger partial charge on any atom is 0.387 e. The van der Waals surface area contributed by atoms with Gasteiger partial charge in [-0.3, -0.25) is 4.79 Å². The molecule has 0 aliphatic heterocycles. The van der Waals surface area contributed by atoms with Crippen LogP contribution in [0.3, 0.4) is 0 Å². The number of nitrogen functional groups attached to an aromatic ring is 1. The van der Waals surface area contributed by atoms with E-state index >= 15 is 0 Å². The van der Waals surface area contributed by atoms with Crippen LogP contribution in [0.5, 0.6) is 5.75 Å². The molecule has 88 valence electrons. The number of benzene rings is 1. The maximum atomic E-state index is 12.1. The van der Waals surface area contributed by atoms with Crippen molar-refractivity contribution in [2.24, 2.45) is 0 Å². The number of carbonyl (C=O) groups is 1. The number of anilines is 1. The van der Waals surface area contributed by atoms with Gasteiger partial charge in [0.25, 0.3) is 0 Å². The van der Waals surface area contributed by atoms with Crippen molar-refractivity contribution in [1.29, 1.82) is 0 Å². The van der Waals surface area contributed by atoms with Gasteiger partial charge in [-0.1, -0.05) is 0 Å². The average Bonchev–Trinajstić information content (AvgIpc) is 2.16. The van der Waals surface area contributed by atoms with Crippen LogP contribution in [0.1, 0.15) is 16.8 Å². The number of ether oxygens (including phenoxy) is 1. The van der Waals surface area contributed by atoms with Crippen LogP contribution < -0.4 is 10.5 Å². The minimum absolute atomic E-state index is 0.0606. The molecule has 0 aliphatic carbocycles. The first-order chi connectivity index (χ1) is 7.54. The van der Waals surface area contributed by atoms with Gasteiger partial charge in [-0.2, -0.15) is 8.78 Å². The Balaban J connectivity index is 3.02. The number of hydrogen-bond donors (Lipinski definition) is 1. The smallest absolute Gasteiger partial charge is 0.387 e. The number of ketones is 1. The van der Waals surface area contributed by atoms with Gasteiger partial charge < -0.3 is 10.5 Å². The Hall–Kier alpha value is -1.36. The minimum Gasteiger partial charge on any atom is -0.434 e. The largest absolute Gasteiger partial charge is 0.434 e. The second-order valence-corrected chi connectivity index (χ2v) is 3.37. The first-order valence-corrected chi connectivity index (χ1v) is 5.01. The molecule has 3 nitrogen and oxygen atoms in total. The van der Waals surface area contributed by atoms with Crippen LogP contribution in [0.15, 0.2) is 18.2 Å². The summed E-state index contributed by atoms with van der Waals surface area (Å²) in [5.74, 6) is -0.451. The second kappa shape index (κ2) is 5.65. The summed E-state index contributed by atoms with van der Waals surface area (Å²) < 4.78 is 28.4. The van der Waals surface area contributed by atoms with Crippen molar-refractivity contribution < 1.29 is 18.3 Å². The molecule has 0 aliphatic rings. The van der Waals surface area contributed by atoms with Crippen molar-refractivity contribution in [3.8, 4) is 5.75 Å². The highest BCUT2D eigenvalue weighted by Gasteiger charge is 2.15. The molecule has 0 unspecified atom stereocenters. The molecule has 0 amide bonds. The van der Waals surface area contributed by atoms with E-state index in [1.54, 1.807) is 0 Å². The van der Waals surface area contributed by atoms with E-state index in [1.165, 1.54) is 18.2 Å². The minimum atomic E-state index is -3.00. The van der Waals surface area contributed by atoms with Gasteiger partial charge in [-0.25, -0.2) is 0 Å². The molecule has 0 saturated carbocycles. The maximum absolute atomic E-state index is 12.1. The van der Waals surface area contributed by atoms with Crippen LogP contribution in [0.2, 0.25) is 0 Å². The molecule has 0 spiro atoms. The summed E-state index contributed by atoms with van der Waals surface area (Å²) in [7, 11) is 0. The molecule has 1 rings (SSSR count). The molecule has 0 heterocycles. The molecule has 0 radical (unpaired) electrons. The van der Waals surface area contributed by atoms with Crippen molar-refractivity contribution in [2.75, 3.05) is 11.6 Å². The van der Waals surface area contributed by atoms with Crippen LogP contribution >= 0.6 is 11.6 Å². The number of alkyl halides is 3. The number of hydrogen-bond acceptors (Lipinski definition) is 3. The Morgan fingerprint density at radius 1 is 1.50 bits per heavy atom. The van der Waals surface area contributed by atoms with E-state index in [9.17, 15) is 13.6 Å². The van der Waals surface area contributed by atoms with Gasteiger partial charge in [0.05, 0.1) is 5.56 Å². The fourth-order valence-corrected chi connectivity index (χ4v) is 1.35. The van der Waals surface area contributed by atoms with Crippen LogP contribution in [-0.4, -0.2) is 18.3 Å². The van der Waals surface area contributed by atoms with E-state index in [2.05, 4.69) is 4.74 Å². The molecular formula is C10H10ClF2NO2. The molecule has 0 aromatic heterocycles. The standard InChI is InChI=1S/C10H10ClF2NO2/c11-4-3-8(15)7-2-1-6(14)5-9(7)16-10(12)13/h1-2,5,10H,3-4,14H2. The molecule has 0 atom stereocenters. The van der Waals surface area contributed by atoms with Crippen LogP contribution in [-0.2, 0) is 0 Å². The van der Waals surface area contributed by atoms with Gasteiger partial charge in [0.15, 0.2) is 5.78 Å². The molecular weight excluding hydrogens is 240 g/mol. The predicted molar refractivity (Wildman–Crippen MR) is 57.2 cm³/mol. The summed E-state index contributed by atoms with van der Waals surface area (Å²) in [5, 5.41) is 0. The Morgan fingerprint density at radius 3 is 2.75 bits per heavy atom. The molecule has 6 heteroatoms. The van der Waals surface area contributed by atoms with Crippen molar-refractivity contribution >= 4 is 23.1 Å². The Bertz CT molecular complexity index is 385. The lowest BCUT2D eigenvalue weighted by Gasteiger charge is -2.10. The zero-order valence-corrected chi connectivity index (χ0v) is 9.01. The molecule has 1 aromatic carbocycles. The Morgan fingerprint density at radius 2 is 2.19 bits per heavy atom. The van der Waals surface area contributed by atoms with Crippen LogP contribution in [0.4, 0.5) is 14.5 Å². The van der Waals surface area contributed by atoms with Crippen LogP contribution in [0, 0.1) is 0 Å². The zero-order valence-electron chi connectivity index (χ0n) is 8.25. The van der Waals surface area contributed by atoms with E-state index in [1.807, 2.05) is 0 Å². The summed E-state index contributed by atoms with van der Waals surface area (Å²) in [4.78, 5) is 11.5. The lowest BCUT2D eigenvalue weighted by Crippen LogP contribution is -2.09. The Kier molecular flexibility index (Phi) is 4.49. The number of Topliss-reactive ketones (excluding diaryl/α,β-unsaturated/α-hetero) is 1. The van der Waals surface area contributed by atoms with Crippen molar-refractivity contribution in [3.63, 3.8) is 0 Å². The molecule has 0 saturated heterocycles. The van der Waals surface area contributed by atoms with Gasteiger partial charge in [0, 0.05) is 24.1 Å². The van der Waals surface area contributed by atoms with Gasteiger partial charge in [-0.15, -0.1) is 11.6 Å². The van der Waals surface area contributed by atoms with Crippen molar-refractivity contribution in [1.82, 2.24) is 0 Å². The van der Waals surface area contributed by atoms with E-state index in [4.69, 9.17) is 17.3 Å². The highest BCUT2D eigenvalue weighted by molar-refractivity contribution is 6.19. The third-order valence-corrected chi connectivity index (χ3v) is 2.03. The first-order valence-electron chi connectivity index (χ1n) is 4.48. The number of carbonyl (C=O) groups excluding carboxylic acids is 1. The average molecular weight is 250 g/mol. The lowest BCUT2D eigenvalue weighted by molar-refractivity contribution is -0.0501. The van der Waals surface area contributed by atoms with Gasteiger partial charge >= 0.3 is 6.61 Å². The van der Waals surface area contributed by atoms with Gasteiger partial charge in [-0.05, 0) is 12.1 Å². The fraction of sp³-hybridized carbons (Fsp3) is 0.300. The van der Waals surface area contributed by atoms with Gasteiger partial charge in [0.1, 0.15) is 5.75 Å². The topological polar surface area (TPSA) is 52.3 Å². The zero-order chi connectivity index (χ0) is 12.1. The summed E-state index contributed by atoms with van der Waals surface area (Å²) in [6, 6.07) is 3.98. The summed E-state index contributed by atoms with van der Waals surface area (Å²) in [6.07, 6.45) is 0.0606. The van der Waals surface area contributed by atoms with Gasteiger partial charge in [0.2, 0.25) is 0 Å². The van der Waals surface area contributed by atoms with Crippen molar-refractivity contribution in [2.45, 2.75) is 13.0 Å². The molecule has 2 N–H and O–H groups in total. The first kappa shape index (κ1) is 12.7. The van der Waals surface area contributed by atoms with E-state index in [-0.39, 0.29) is 35.1 Å². The monoisotopic (exact) mass is 249 g/mol. The summed E-state index contributed by atoms with van der Waals surface area (Å²) >= 11 is 5.40. The second-order valence-electron chi connectivity index (χ2n) is 3.00. The van der Waals surface area contributed by atoms with Crippen LogP contribution in [0.25, 0.3) is 0 Å². The van der Waals surface area contributed by atoms with E-state index < -0.39 is 6.61 Å². The Labute approximate surface area is 96.1 Å². The number of halogens is 3. The third kappa shape index (κ3) is 3.34. The predicted octanol–water partition coefficient (Wildman–Crippen LogP) is 2.68. The summed E-state index contributed by atoms with van der Waals surface area (Å²) in [5.41, 5.74) is 5.73. The highest BCUT2D eigenvalue weighted by atomic mass is 35.5. The number of rotatable bonds is 5. The quantitative estimate of drug-likeness (QED) is 0.496. The SMILES string of the molecule is Nc1ccc(C(=O)CCCl)c(OC(F)F)c1. The van der Waals surface area contributed by atoms with E-state index in [0.29, 0.717) is 0 Å². The molecule has 16 heavy (non-hydrogen) atoms. The van der Waals surface area contributed by atoms with E-state index in [0.717, 1.165) is 0 Å². The molecule has 1 aromatic rings. The van der Waals surface area contributed by atoms with Crippen molar-refractivity contribution in [3.05, 3.63) is 23.8 Å².